The van der Waals surface area contributed by atoms with Crippen LogP contribution in [0.5, 0.6) is 5.75 Å². The summed E-state index contributed by atoms with van der Waals surface area (Å²) in [5.41, 5.74) is 6.78. The maximum atomic E-state index is 13.2. The van der Waals surface area contributed by atoms with Gasteiger partial charge in [-0.1, -0.05) is 12.1 Å². The maximum absolute atomic E-state index is 13.2. The van der Waals surface area contributed by atoms with E-state index in [1.54, 1.807) is 6.07 Å². The molecular formula is C22H29NO3S. The lowest BCUT2D eigenvalue weighted by atomic mass is 9.92. The van der Waals surface area contributed by atoms with Crippen molar-refractivity contribution in [3.05, 3.63) is 57.6 Å². The molecule has 0 heterocycles. The fraction of sp³-hybridized carbons (Fsp3) is 0.455. The lowest BCUT2D eigenvalue weighted by molar-refractivity contribution is 0.400. The molecule has 0 fully saturated rings. The van der Waals surface area contributed by atoms with Gasteiger partial charge >= 0.3 is 0 Å². The summed E-state index contributed by atoms with van der Waals surface area (Å²) in [6.45, 7) is 8.02. The first-order valence-corrected chi connectivity index (χ1v) is 11.0. The van der Waals surface area contributed by atoms with Crippen LogP contribution in [-0.4, -0.2) is 15.5 Å². The highest BCUT2D eigenvalue weighted by Crippen LogP contribution is 2.33. The van der Waals surface area contributed by atoms with Crippen LogP contribution in [0, 0.1) is 20.8 Å². The molecule has 1 N–H and O–H groups in total. The summed E-state index contributed by atoms with van der Waals surface area (Å²) in [5.74, 6) is 0.423. The molecule has 0 saturated heterocycles. The van der Waals surface area contributed by atoms with Crippen molar-refractivity contribution < 1.29 is 13.2 Å². The highest BCUT2D eigenvalue weighted by Gasteiger charge is 2.25. The first-order valence-electron chi connectivity index (χ1n) is 9.53. The summed E-state index contributed by atoms with van der Waals surface area (Å²) in [7, 11) is -2.17. The summed E-state index contributed by atoms with van der Waals surface area (Å²) >= 11 is 0. The van der Waals surface area contributed by atoms with Gasteiger partial charge < -0.3 is 4.74 Å². The van der Waals surface area contributed by atoms with Crippen molar-refractivity contribution in [2.75, 3.05) is 7.11 Å². The summed E-state index contributed by atoms with van der Waals surface area (Å²) in [5, 5.41) is 0. The molecular weight excluding hydrogens is 358 g/mol. The van der Waals surface area contributed by atoms with Gasteiger partial charge in [0.05, 0.1) is 7.11 Å². The molecule has 5 heteroatoms. The lowest BCUT2D eigenvalue weighted by Crippen LogP contribution is -2.28. The normalized spacial score (nSPS) is 15.3. The van der Waals surface area contributed by atoms with Crippen molar-refractivity contribution in [3.63, 3.8) is 0 Å². The van der Waals surface area contributed by atoms with Gasteiger partial charge in [-0.2, -0.15) is 0 Å². The van der Waals surface area contributed by atoms with Crippen molar-refractivity contribution in [1.29, 1.82) is 0 Å². The summed E-state index contributed by atoms with van der Waals surface area (Å²) in [4.78, 5) is 0.235. The number of benzene rings is 2. The fourth-order valence-electron chi connectivity index (χ4n) is 3.92. The zero-order chi connectivity index (χ0) is 19.8. The minimum atomic E-state index is -3.70. The fourth-order valence-corrected chi connectivity index (χ4v) is 5.34. The number of aryl methyl sites for hydroxylation is 5. The van der Waals surface area contributed by atoms with Gasteiger partial charge in [0.25, 0.3) is 0 Å². The molecule has 146 valence electrons. The molecule has 0 amide bonds. The molecule has 0 aliphatic heterocycles. The molecule has 1 aliphatic carbocycles. The molecule has 0 spiro atoms. The predicted octanol–water partition coefficient (Wildman–Crippen LogP) is 4.54. The first kappa shape index (κ1) is 19.9. The molecule has 2 aromatic rings. The third-order valence-electron chi connectivity index (χ3n) is 5.60. The van der Waals surface area contributed by atoms with Gasteiger partial charge in [-0.3, -0.25) is 0 Å². The Morgan fingerprint density at radius 3 is 2.15 bits per heavy atom. The Morgan fingerprint density at radius 2 is 1.52 bits per heavy atom. The Bertz CT molecular complexity index is 964. The van der Waals surface area contributed by atoms with Crippen LogP contribution in [0.4, 0.5) is 0 Å². The topological polar surface area (TPSA) is 55.4 Å². The van der Waals surface area contributed by atoms with Crippen LogP contribution in [0.2, 0.25) is 0 Å². The lowest BCUT2D eigenvalue weighted by Gasteiger charge is -2.22. The number of hydrogen-bond donors (Lipinski definition) is 1. The van der Waals surface area contributed by atoms with Gasteiger partial charge in [-0.05, 0) is 98.9 Å². The number of methoxy groups -OCH3 is 1. The first-order chi connectivity index (χ1) is 12.7. The van der Waals surface area contributed by atoms with Crippen molar-refractivity contribution in [2.24, 2.45) is 0 Å². The van der Waals surface area contributed by atoms with Crippen LogP contribution in [0.15, 0.2) is 29.2 Å². The van der Waals surface area contributed by atoms with E-state index in [2.05, 4.69) is 23.8 Å². The minimum Gasteiger partial charge on any atom is -0.495 e. The Hall–Kier alpha value is -1.85. The van der Waals surface area contributed by atoms with Gasteiger partial charge in [-0.15, -0.1) is 0 Å². The number of rotatable bonds is 5. The summed E-state index contributed by atoms with van der Waals surface area (Å²) < 4.78 is 34.6. The molecule has 1 aliphatic rings. The quantitative estimate of drug-likeness (QED) is 0.819. The van der Waals surface area contributed by atoms with Crippen LogP contribution < -0.4 is 9.46 Å². The molecule has 2 aromatic carbocycles. The Balaban J connectivity index is 1.96. The molecule has 0 aromatic heterocycles. The minimum absolute atomic E-state index is 0.235. The van der Waals surface area contributed by atoms with E-state index in [-0.39, 0.29) is 10.9 Å². The number of fused-ring (bicyclic) bond motifs is 1. The van der Waals surface area contributed by atoms with Crippen molar-refractivity contribution in [1.82, 2.24) is 4.72 Å². The largest absolute Gasteiger partial charge is 0.495 e. The zero-order valence-electron chi connectivity index (χ0n) is 16.8. The van der Waals surface area contributed by atoms with Crippen LogP contribution in [-0.2, 0) is 22.9 Å². The van der Waals surface area contributed by atoms with Gasteiger partial charge in [0, 0.05) is 6.04 Å². The summed E-state index contributed by atoms with van der Waals surface area (Å²) in [6, 6.07) is 7.55. The molecule has 0 saturated carbocycles. The van der Waals surface area contributed by atoms with Crippen molar-refractivity contribution >= 4 is 10.0 Å². The molecule has 3 rings (SSSR count). The molecule has 0 radical (unpaired) electrons. The van der Waals surface area contributed by atoms with E-state index in [1.807, 2.05) is 26.8 Å². The highest BCUT2D eigenvalue weighted by atomic mass is 32.2. The number of nitrogens with one attached hydrogen (secondary N) is 1. The second kappa shape index (κ2) is 7.64. The molecule has 0 bridgehead atoms. The van der Waals surface area contributed by atoms with E-state index in [1.165, 1.54) is 18.2 Å². The average Bonchev–Trinajstić information content (AvgIpc) is 2.63. The van der Waals surface area contributed by atoms with Gasteiger partial charge in [0.15, 0.2) is 0 Å². The molecule has 1 unspecified atom stereocenters. The van der Waals surface area contributed by atoms with Crippen LogP contribution >= 0.6 is 0 Å². The second-order valence-corrected chi connectivity index (χ2v) is 9.30. The van der Waals surface area contributed by atoms with E-state index in [0.29, 0.717) is 5.75 Å². The van der Waals surface area contributed by atoms with E-state index in [9.17, 15) is 8.42 Å². The Morgan fingerprint density at radius 1 is 0.926 bits per heavy atom. The average molecular weight is 388 g/mol. The predicted molar refractivity (Wildman–Crippen MR) is 109 cm³/mol. The van der Waals surface area contributed by atoms with Crippen molar-refractivity contribution in [2.45, 2.75) is 64.3 Å². The third kappa shape index (κ3) is 4.04. The molecule has 4 nitrogen and oxygen atoms in total. The number of ether oxygens (including phenoxy) is 1. The zero-order valence-corrected chi connectivity index (χ0v) is 17.7. The summed E-state index contributed by atoms with van der Waals surface area (Å²) in [6.07, 6.45) is 4.15. The van der Waals surface area contributed by atoms with Crippen LogP contribution in [0.1, 0.15) is 59.2 Å². The van der Waals surface area contributed by atoms with Gasteiger partial charge in [0.1, 0.15) is 10.6 Å². The number of hydrogen-bond acceptors (Lipinski definition) is 3. The molecule has 27 heavy (non-hydrogen) atoms. The third-order valence-corrected chi connectivity index (χ3v) is 7.16. The SMILES string of the molecule is COc1cc2c(cc1S(=O)(=O)NC(C)c1cc(C)c(C)cc1C)CCCC2. The van der Waals surface area contributed by atoms with Gasteiger partial charge in [0.2, 0.25) is 10.0 Å². The van der Waals surface area contributed by atoms with E-state index >= 15 is 0 Å². The highest BCUT2D eigenvalue weighted by molar-refractivity contribution is 7.89. The Labute approximate surface area is 163 Å². The van der Waals surface area contributed by atoms with E-state index < -0.39 is 10.0 Å². The van der Waals surface area contributed by atoms with E-state index in [0.717, 1.165) is 47.9 Å². The van der Waals surface area contributed by atoms with Gasteiger partial charge in [-0.25, -0.2) is 13.1 Å². The Kier molecular flexibility index (Phi) is 5.63. The monoisotopic (exact) mass is 387 g/mol. The smallest absolute Gasteiger partial charge is 0.244 e. The van der Waals surface area contributed by atoms with Crippen LogP contribution in [0.3, 0.4) is 0 Å². The van der Waals surface area contributed by atoms with Crippen LogP contribution in [0.25, 0.3) is 0 Å². The standard InChI is InChI=1S/C22H29NO3S/c1-14-10-16(3)20(11-15(14)2)17(4)23-27(24,25)22-13-19-9-7-6-8-18(19)12-21(22)26-5/h10-13,17,23H,6-9H2,1-5H3. The maximum Gasteiger partial charge on any atom is 0.244 e. The molecule has 1 atom stereocenters. The second-order valence-electron chi connectivity index (χ2n) is 7.61. The number of sulfonamides is 1. The van der Waals surface area contributed by atoms with E-state index in [4.69, 9.17) is 4.74 Å². The van der Waals surface area contributed by atoms with Crippen molar-refractivity contribution in [3.8, 4) is 5.75 Å².